The summed E-state index contributed by atoms with van der Waals surface area (Å²) in [6, 6.07) is 10.3. The third kappa shape index (κ3) is 2.57. The Morgan fingerprint density at radius 3 is 2.58 bits per heavy atom. The van der Waals surface area contributed by atoms with Crippen LogP contribution < -0.4 is 0 Å². The van der Waals surface area contributed by atoms with Gasteiger partial charge in [0.05, 0.1) is 0 Å². The van der Waals surface area contributed by atoms with E-state index >= 15 is 0 Å². The predicted octanol–water partition coefficient (Wildman–Crippen LogP) is 3.19. The molecule has 0 fully saturated rings. The average Bonchev–Trinajstić information content (AvgIpc) is 2.15. The van der Waals surface area contributed by atoms with Gasteiger partial charge in [0.1, 0.15) is 0 Å². The van der Waals surface area contributed by atoms with Gasteiger partial charge in [0.25, 0.3) is 0 Å². The maximum Gasteiger partial charge on any atom is 0.151 e. The largest absolute Gasteiger partial charge is 0.151 e. The Hall–Kier alpha value is -0.975. The average molecular weight is 157 g/mol. The minimum atomic E-state index is 1.12. The van der Waals surface area contributed by atoms with Crippen LogP contribution in [0, 0.1) is 0 Å². The van der Waals surface area contributed by atoms with Gasteiger partial charge in [-0.2, -0.15) is 0 Å². The molecule has 61 valence electrons. The zero-order valence-electron chi connectivity index (χ0n) is 7.59. The van der Waals surface area contributed by atoms with E-state index < -0.39 is 0 Å². The van der Waals surface area contributed by atoms with Crippen molar-refractivity contribution in [2.24, 2.45) is 0 Å². The lowest BCUT2D eigenvalue weighted by molar-refractivity contribution is 1.08. The van der Waals surface area contributed by atoms with Gasteiger partial charge in [-0.05, 0) is 5.56 Å². The summed E-state index contributed by atoms with van der Waals surface area (Å²) in [5.74, 6) is 0. The molecule has 0 aliphatic heterocycles. The van der Waals surface area contributed by atoms with Crippen LogP contribution in [0.5, 0.6) is 0 Å². The Morgan fingerprint density at radius 1 is 1.33 bits per heavy atom. The van der Waals surface area contributed by atoms with Crippen molar-refractivity contribution in [3.63, 3.8) is 0 Å². The fraction of sp³-hybridized carbons (Fsp3) is 0.273. The van der Waals surface area contributed by atoms with Gasteiger partial charge in [-0.1, -0.05) is 55.5 Å². The third-order valence-corrected chi connectivity index (χ3v) is 1.82. The first kappa shape index (κ1) is 9.12. The molecule has 0 amide bonds. The quantitative estimate of drug-likeness (QED) is 0.588. The first-order valence-corrected chi connectivity index (χ1v) is 4.42. The van der Waals surface area contributed by atoms with Crippen LogP contribution >= 0.6 is 0 Å². The number of hydrogen-bond donors (Lipinski definition) is 0. The van der Waals surface area contributed by atoms with E-state index in [1.165, 1.54) is 12.0 Å². The molecule has 1 heteroatoms. The SMILES string of the molecule is C=C([B]CCC)c1ccccc1. The van der Waals surface area contributed by atoms with Crippen molar-refractivity contribution in [3.8, 4) is 0 Å². The van der Waals surface area contributed by atoms with Crippen molar-refractivity contribution in [2.45, 2.75) is 19.7 Å². The molecule has 0 aliphatic rings. The highest BCUT2D eigenvalue weighted by Crippen LogP contribution is 2.11. The smallest absolute Gasteiger partial charge is 0.105 e. The molecule has 1 rings (SSSR count). The van der Waals surface area contributed by atoms with Crippen LogP contribution in [0.1, 0.15) is 18.9 Å². The zero-order chi connectivity index (χ0) is 8.81. The molecule has 0 spiro atoms. The lowest BCUT2D eigenvalue weighted by Gasteiger charge is -2.02. The van der Waals surface area contributed by atoms with E-state index in [2.05, 4.69) is 32.9 Å². The molecule has 0 aliphatic carbocycles. The Morgan fingerprint density at radius 2 is 2.00 bits per heavy atom. The van der Waals surface area contributed by atoms with Crippen LogP contribution in [0.25, 0.3) is 5.47 Å². The van der Waals surface area contributed by atoms with Crippen molar-refractivity contribution in [3.05, 3.63) is 42.5 Å². The maximum atomic E-state index is 4.01. The highest BCUT2D eigenvalue weighted by atomic mass is 13.9. The fourth-order valence-corrected chi connectivity index (χ4v) is 1.09. The Bertz CT molecular complexity index is 238. The normalized spacial score (nSPS) is 9.42. The molecule has 12 heavy (non-hydrogen) atoms. The molecule has 0 aromatic heterocycles. The second-order valence-electron chi connectivity index (χ2n) is 2.88. The van der Waals surface area contributed by atoms with Gasteiger partial charge in [-0.3, -0.25) is 0 Å². The van der Waals surface area contributed by atoms with Gasteiger partial charge in [0.15, 0.2) is 7.28 Å². The van der Waals surface area contributed by atoms with E-state index in [1.807, 2.05) is 18.2 Å². The minimum Gasteiger partial charge on any atom is -0.105 e. The lowest BCUT2D eigenvalue weighted by Crippen LogP contribution is -1.92. The molecule has 1 aromatic carbocycles. The van der Waals surface area contributed by atoms with Gasteiger partial charge in [-0.25, -0.2) is 0 Å². The highest BCUT2D eigenvalue weighted by Gasteiger charge is 1.97. The molecule has 0 N–H and O–H groups in total. The molecule has 0 saturated heterocycles. The molecule has 1 aromatic rings. The van der Waals surface area contributed by atoms with Crippen LogP contribution in [0.3, 0.4) is 0 Å². The number of benzene rings is 1. The first-order chi connectivity index (χ1) is 5.84. The monoisotopic (exact) mass is 157 g/mol. The third-order valence-electron chi connectivity index (χ3n) is 1.82. The Labute approximate surface area is 75.6 Å². The van der Waals surface area contributed by atoms with Crippen LogP contribution in [0.2, 0.25) is 6.32 Å². The van der Waals surface area contributed by atoms with Gasteiger partial charge in [-0.15, -0.1) is 6.58 Å². The minimum absolute atomic E-state index is 1.12. The molecule has 0 unspecified atom stereocenters. The summed E-state index contributed by atoms with van der Waals surface area (Å²) in [4.78, 5) is 0. The molecule has 0 atom stereocenters. The van der Waals surface area contributed by atoms with Crippen molar-refractivity contribution >= 4 is 12.8 Å². The first-order valence-electron chi connectivity index (χ1n) is 4.42. The maximum absolute atomic E-state index is 4.01. The van der Waals surface area contributed by atoms with Crippen molar-refractivity contribution in [1.82, 2.24) is 0 Å². The summed E-state index contributed by atoms with van der Waals surface area (Å²) in [6.45, 7) is 6.18. The second kappa shape index (κ2) is 4.81. The fourth-order valence-electron chi connectivity index (χ4n) is 1.09. The van der Waals surface area contributed by atoms with E-state index in [1.54, 1.807) is 0 Å². The summed E-state index contributed by atoms with van der Waals surface area (Å²) < 4.78 is 0. The van der Waals surface area contributed by atoms with E-state index in [4.69, 9.17) is 0 Å². The van der Waals surface area contributed by atoms with E-state index in [-0.39, 0.29) is 0 Å². The van der Waals surface area contributed by atoms with Crippen LogP contribution in [0.4, 0.5) is 0 Å². The standard InChI is InChI=1S/C11H14B/c1-3-9-12-10(2)11-7-5-4-6-8-11/h4-8H,2-3,9H2,1H3. The molecule has 0 heterocycles. The Kier molecular flexibility index (Phi) is 3.66. The van der Waals surface area contributed by atoms with Crippen LogP contribution in [-0.4, -0.2) is 7.28 Å². The molecule has 0 bridgehead atoms. The topological polar surface area (TPSA) is 0 Å². The van der Waals surface area contributed by atoms with Gasteiger partial charge < -0.3 is 0 Å². The number of rotatable bonds is 4. The highest BCUT2D eigenvalue weighted by molar-refractivity contribution is 6.60. The van der Waals surface area contributed by atoms with Crippen LogP contribution in [-0.2, 0) is 0 Å². The lowest BCUT2D eigenvalue weighted by atomic mass is 9.64. The summed E-state index contributed by atoms with van der Waals surface area (Å²) >= 11 is 0. The zero-order valence-corrected chi connectivity index (χ0v) is 7.59. The van der Waals surface area contributed by atoms with Gasteiger partial charge in [0.2, 0.25) is 0 Å². The van der Waals surface area contributed by atoms with E-state index in [0.717, 1.165) is 11.8 Å². The number of hydrogen-bond acceptors (Lipinski definition) is 0. The second-order valence-corrected chi connectivity index (χ2v) is 2.88. The predicted molar refractivity (Wildman–Crippen MR) is 56.3 cm³/mol. The molecule has 0 nitrogen and oxygen atoms in total. The van der Waals surface area contributed by atoms with Crippen LogP contribution in [0.15, 0.2) is 36.9 Å². The summed E-state index contributed by atoms with van der Waals surface area (Å²) in [5.41, 5.74) is 2.36. The van der Waals surface area contributed by atoms with Crippen molar-refractivity contribution in [1.29, 1.82) is 0 Å². The molecule has 0 saturated carbocycles. The van der Waals surface area contributed by atoms with Crippen molar-refractivity contribution in [2.75, 3.05) is 0 Å². The Balaban J connectivity index is 2.54. The van der Waals surface area contributed by atoms with Gasteiger partial charge in [0, 0.05) is 0 Å². The summed E-state index contributed by atoms with van der Waals surface area (Å²) in [6.07, 6.45) is 2.31. The van der Waals surface area contributed by atoms with Crippen molar-refractivity contribution < 1.29 is 0 Å². The van der Waals surface area contributed by atoms with E-state index in [9.17, 15) is 0 Å². The molecular weight excluding hydrogens is 143 g/mol. The van der Waals surface area contributed by atoms with E-state index in [0.29, 0.717) is 0 Å². The molecular formula is C11H14B. The summed E-state index contributed by atoms with van der Waals surface area (Å²) in [5, 5.41) is 0. The molecule has 1 radical (unpaired) electrons. The van der Waals surface area contributed by atoms with Gasteiger partial charge >= 0.3 is 0 Å². The summed E-state index contributed by atoms with van der Waals surface area (Å²) in [7, 11) is 2.19.